The van der Waals surface area contributed by atoms with Crippen LogP contribution in [0, 0.1) is 5.92 Å². The third-order valence-electron chi connectivity index (χ3n) is 5.54. The van der Waals surface area contributed by atoms with E-state index in [1.54, 1.807) is 23.1 Å². The van der Waals surface area contributed by atoms with Gasteiger partial charge in [0.2, 0.25) is 0 Å². The molecule has 148 valence electrons. The first kappa shape index (κ1) is 19.7. The van der Waals surface area contributed by atoms with Crippen LogP contribution in [-0.2, 0) is 12.8 Å². The lowest BCUT2D eigenvalue weighted by molar-refractivity contribution is 0.509. The number of thiophene rings is 1. The number of fused-ring (bicyclic) bond motifs is 3. The third-order valence-corrected chi connectivity index (χ3v) is 7.72. The summed E-state index contributed by atoms with van der Waals surface area (Å²) >= 11 is 3.47. The highest BCUT2D eigenvalue weighted by Gasteiger charge is 2.25. The quantitative estimate of drug-likeness (QED) is 0.261. The minimum absolute atomic E-state index is 0.110. The Bertz CT molecular complexity index is 1010. The number of hydrogen-bond acceptors (Lipinski definition) is 4. The van der Waals surface area contributed by atoms with Gasteiger partial charge in [-0.15, -0.1) is 11.3 Å². The largest absolute Gasteiger partial charge is 0.268 e. The average Bonchev–Trinajstić information content (AvgIpc) is 3.06. The van der Waals surface area contributed by atoms with E-state index in [1.165, 1.54) is 36.1 Å². The zero-order valence-corrected chi connectivity index (χ0v) is 18.4. The van der Waals surface area contributed by atoms with E-state index in [9.17, 15) is 4.79 Å². The SMILES string of the molecule is CCCCCCSc1nc2sc3c(c2c(=O)n1-c1ccccc1)CC[C@@H](C)C3. The summed E-state index contributed by atoms with van der Waals surface area (Å²) in [6, 6.07) is 10.00. The zero-order chi connectivity index (χ0) is 19.5. The fourth-order valence-electron chi connectivity index (χ4n) is 3.97. The molecule has 5 heteroatoms. The van der Waals surface area contributed by atoms with E-state index in [0.717, 1.165) is 46.1 Å². The maximum Gasteiger partial charge on any atom is 0.267 e. The summed E-state index contributed by atoms with van der Waals surface area (Å²) in [5.74, 6) is 1.71. The molecule has 1 aliphatic rings. The van der Waals surface area contributed by atoms with Gasteiger partial charge in [0.25, 0.3) is 5.56 Å². The Labute approximate surface area is 175 Å². The number of aryl methyl sites for hydroxylation is 1. The predicted molar refractivity (Wildman–Crippen MR) is 121 cm³/mol. The van der Waals surface area contributed by atoms with E-state index in [2.05, 4.69) is 13.8 Å². The summed E-state index contributed by atoms with van der Waals surface area (Å²) in [7, 11) is 0. The lowest BCUT2D eigenvalue weighted by atomic mass is 9.89. The van der Waals surface area contributed by atoms with Crippen LogP contribution in [0.15, 0.2) is 40.3 Å². The Morgan fingerprint density at radius 1 is 1.21 bits per heavy atom. The first-order valence-corrected chi connectivity index (χ1v) is 12.2. The number of rotatable bonds is 7. The normalized spacial score (nSPS) is 16.4. The standard InChI is InChI=1S/C23H28N2OS2/c1-3-4-5-9-14-27-23-24-21-20(18-13-12-16(2)15-19(18)28-21)22(26)25(23)17-10-7-6-8-11-17/h6-8,10-11,16H,3-5,9,12-15H2,1-2H3/t16-/m1/s1. The Hall–Kier alpha value is -1.59. The van der Waals surface area contributed by atoms with Gasteiger partial charge in [0, 0.05) is 10.6 Å². The van der Waals surface area contributed by atoms with Gasteiger partial charge in [-0.2, -0.15) is 0 Å². The second-order valence-corrected chi connectivity index (χ2v) is 9.96. The van der Waals surface area contributed by atoms with Crippen molar-refractivity contribution in [3.05, 3.63) is 51.1 Å². The second kappa shape index (κ2) is 8.83. The van der Waals surface area contributed by atoms with Gasteiger partial charge in [-0.05, 0) is 49.3 Å². The van der Waals surface area contributed by atoms with Gasteiger partial charge in [0.05, 0.1) is 11.1 Å². The molecule has 0 amide bonds. The Balaban J connectivity index is 1.79. The van der Waals surface area contributed by atoms with Crippen LogP contribution < -0.4 is 5.56 Å². The van der Waals surface area contributed by atoms with Crippen molar-refractivity contribution in [2.24, 2.45) is 5.92 Å². The lowest BCUT2D eigenvalue weighted by Crippen LogP contribution is -2.22. The van der Waals surface area contributed by atoms with Crippen LogP contribution in [0.2, 0.25) is 0 Å². The van der Waals surface area contributed by atoms with Gasteiger partial charge in [0.15, 0.2) is 5.16 Å². The lowest BCUT2D eigenvalue weighted by Gasteiger charge is -2.17. The molecule has 0 radical (unpaired) electrons. The molecule has 1 aliphatic carbocycles. The monoisotopic (exact) mass is 412 g/mol. The number of nitrogens with zero attached hydrogens (tertiary/aromatic N) is 2. The summed E-state index contributed by atoms with van der Waals surface area (Å²) in [5.41, 5.74) is 2.29. The fourth-order valence-corrected chi connectivity index (χ4v) is 6.40. The summed E-state index contributed by atoms with van der Waals surface area (Å²) in [5, 5.41) is 1.71. The van der Waals surface area contributed by atoms with E-state index < -0.39 is 0 Å². The molecule has 1 atom stereocenters. The van der Waals surface area contributed by atoms with Gasteiger partial charge in [-0.3, -0.25) is 9.36 Å². The van der Waals surface area contributed by atoms with Crippen molar-refractivity contribution < 1.29 is 0 Å². The minimum atomic E-state index is 0.110. The van der Waals surface area contributed by atoms with Gasteiger partial charge >= 0.3 is 0 Å². The molecule has 28 heavy (non-hydrogen) atoms. The van der Waals surface area contributed by atoms with Crippen LogP contribution in [0.3, 0.4) is 0 Å². The Morgan fingerprint density at radius 3 is 2.82 bits per heavy atom. The van der Waals surface area contributed by atoms with E-state index in [1.807, 2.05) is 34.9 Å². The minimum Gasteiger partial charge on any atom is -0.268 e. The van der Waals surface area contributed by atoms with Crippen molar-refractivity contribution in [3.63, 3.8) is 0 Å². The van der Waals surface area contributed by atoms with Crippen LogP contribution in [0.25, 0.3) is 15.9 Å². The summed E-state index contributed by atoms with van der Waals surface area (Å²) in [4.78, 5) is 20.9. The summed E-state index contributed by atoms with van der Waals surface area (Å²) in [6.45, 7) is 4.54. The van der Waals surface area contributed by atoms with Crippen molar-refractivity contribution in [1.82, 2.24) is 9.55 Å². The van der Waals surface area contributed by atoms with Gasteiger partial charge < -0.3 is 0 Å². The molecule has 0 aliphatic heterocycles. The van der Waals surface area contributed by atoms with E-state index >= 15 is 0 Å². The first-order chi connectivity index (χ1) is 13.7. The molecule has 2 aromatic heterocycles. The van der Waals surface area contributed by atoms with Crippen LogP contribution in [0.5, 0.6) is 0 Å². The number of para-hydroxylation sites is 1. The van der Waals surface area contributed by atoms with Crippen LogP contribution in [0.4, 0.5) is 0 Å². The molecule has 0 fully saturated rings. The molecule has 0 saturated carbocycles. The number of unbranched alkanes of at least 4 members (excludes halogenated alkanes) is 3. The van der Waals surface area contributed by atoms with Crippen molar-refractivity contribution in [3.8, 4) is 5.69 Å². The zero-order valence-electron chi connectivity index (χ0n) is 16.7. The molecular weight excluding hydrogens is 384 g/mol. The molecule has 3 nitrogen and oxygen atoms in total. The average molecular weight is 413 g/mol. The number of hydrogen-bond donors (Lipinski definition) is 0. The van der Waals surface area contributed by atoms with Gasteiger partial charge in [-0.25, -0.2) is 4.98 Å². The Morgan fingerprint density at radius 2 is 2.04 bits per heavy atom. The molecule has 1 aromatic carbocycles. The maximum absolute atomic E-state index is 13.6. The highest BCUT2D eigenvalue weighted by Crippen LogP contribution is 2.37. The molecule has 3 aromatic rings. The van der Waals surface area contributed by atoms with E-state index in [4.69, 9.17) is 4.98 Å². The third kappa shape index (κ3) is 3.92. The second-order valence-electron chi connectivity index (χ2n) is 7.81. The van der Waals surface area contributed by atoms with Gasteiger partial charge in [0.1, 0.15) is 4.83 Å². The molecule has 0 N–H and O–H groups in total. The van der Waals surface area contributed by atoms with E-state index in [-0.39, 0.29) is 5.56 Å². The highest BCUT2D eigenvalue weighted by molar-refractivity contribution is 7.99. The predicted octanol–water partition coefficient (Wildman–Crippen LogP) is 6.24. The number of thioether (sulfide) groups is 1. The van der Waals surface area contributed by atoms with Crippen LogP contribution >= 0.6 is 23.1 Å². The Kier molecular flexibility index (Phi) is 6.22. The van der Waals surface area contributed by atoms with E-state index in [0.29, 0.717) is 5.92 Å². The van der Waals surface area contributed by atoms with Crippen molar-refractivity contribution in [2.75, 3.05) is 5.75 Å². The van der Waals surface area contributed by atoms with Crippen molar-refractivity contribution in [2.45, 2.75) is 63.9 Å². The summed E-state index contributed by atoms with van der Waals surface area (Å²) in [6.07, 6.45) is 8.17. The first-order valence-electron chi connectivity index (χ1n) is 10.4. The van der Waals surface area contributed by atoms with Crippen LogP contribution in [0.1, 0.15) is 56.4 Å². The molecule has 4 rings (SSSR count). The highest BCUT2D eigenvalue weighted by atomic mass is 32.2. The molecular formula is C23H28N2OS2. The molecule has 0 saturated heterocycles. The van der Waals surface area contributed by atoms with Crippen molar-refractivity contribution >= 4 is 33.3 Å². The smallest absolute Gasteiger partial charge is 0.267 e. The number of benzene rings is 1. The topological polar surface area (TPSA) is 34.9 Å². The number of aromatic nitrogens is 2. The maximum atomic E-state index is 13.6. The van der Waals surface area contributed by atoms with Crippen molar-refractivity contribution in [1.29, 1.82) is 0 Å². The molecule has 0 spiro atoms. The van der Waals surface area contributed by atoms with Crippen LogP contribution in [-0.4, -0.2) is 15.3 Å². The molecule has 0 bridgehead atoms. The summed E-state index contributed by atoms with van der Waals surface area (Å²) < 4.78 is 1.85. The fraction of sp³-hybridized carbons (Fsp3) is 0.478. The molecule has 2 heterocycles. The molecule has 0 unspecified atom stereocenters. The van der Waals surface area contributed by atoms with Gasteiger partial charge in [-0.1, -0.05) is 63.1 Å².